The quantitative estimate of drug-likeness (QED) is 0.253. The van der Waals surface area contributed by atoms with Crippen LogP contribution in [0.2, 0.25) is 0 Å². The molecule has 0 saturated heterocycles. The minimum absolute atomic E-state index is 0.0200. The number of carboxylic acid groups (broad SMARTS) is 1. The first kappa shape index (κ1) is 25.3. The third kappa shape index (κ3) is 4.58. The van der Waals surface area contributed by atoms with Crippen molar-refractivity contribution < 1.29 is 29.3 Å². The molecule has 2 aliphatic heterocycles. The number of rotatable bonds is 6. The van der Waals surface area contributed by atoms with E-state index in [0.717, 1.165) is 12.1 Å². The Morgan fingerprint density at radius 3 is 2.67 bits per heavy atom. The van der Waals surface area contributed by atoms with Crippen LogP contribution in [0.15, 0.2) is 75.5 Å². The van der Waals surface area contributed by atoms with Gasteiger partial charge < -0.3 is 24.5 Å². The molecule has 0 spiro atoms. The van der Waals surface area contributed by atoms with Crippen LogP contribution in [0.3, 0.4) is 0 Å². The van der Waals surface area contributed by atoms with Crippen molar-refractivity contribution in [2.75, 3.05) is 36.7 Å². The third-order valence-corrected chi connectivity index (χ3v) is 7.18. The number of fused-ring (bicyclic) bond motifs is 5. The van der Waals surface area contributed by atoms with Gasteiger partial charge in [-0.1, -0.05) is 6.08 Å². The molecule has 0 radical (unpaired) electrons. The average molecular weight is 542 g/mol. The van der Waals surface area contributed by atoms with E-state index in [9.17, 15) is 24.9 Å². The second-order valence-corrected chi connectivity index (χ2v) is 9.87. The lowest BCUT2D eigenvalue weighted by Gasteiger charge is -2.34. The van der Waals surface area contributed by atoms with Gasteiger partial charge in [-0.05, 0) is 61.4 Å². The minimum Gasteiger partial charge on any atom is -0.508 e. The number of aryl methyl sites for hydroxylation is 1. The molecular formula is C30H27N3O7. The van der Waals surface area contributed by atoms with Crippen molar-refractivity contribution >= 4 is 34.0 Å². The lowest BCUT2D eigenvalue weighted by atomic mass is 9.98. The molecule has 4 N–H and O–H groups in total. The zero-order valence-electron chi connectivity index (χ0n) is 21.7. The number of aliphatic carboxylic acids is 1. The summed E-state index contributed by atoms with van der Waals surface area (Å²) in [5.41, 5.74) is 6.99. The summed E-state index contributed by atoms with van der Waals surface area (Å²) in [6.45, 7) is 4.11. The van der Waals surface area contributed by atoms with E-state index in [1.165, 1.54) is 18.2 Å². The van der Waals surface area contributed by atoms with E-state index in [1.54, 1.807) is 29.3 Å². The first-order valence-corrected chi connectivity index (χ1v) is 12.9. The zero-order valence-corrected chi connectivity index (χ0v) is 21.7. The summed E-state index contributed by atoms with van der Waals surface area (Å²) in [6, 6.07) is 15.0. The first-order valence-electron chi connectivity index (χ1n) is 12.9. The van der Waals surface area contributed by atoms with Gasteiger partial charge in [0.15, 0.2) is 0 Å². The topological polar surface area (TPSA) is 136 Å². The second kappa shape index (κ2) is 9.97. The average Bonchev–Trinajstić information content (AvgIpc) is 2.93. The highest BCUT2D eigenvalue weighted by Gasteiger charge is 2.30. The largest absolute Gasteiger partial charge is 0.508 e. The number of hydrogen-bond donors (Lipinski definition) is 4. The van der Waals surface area contributed by atoms with Crippen LogP contribution in [-0.4, -0.2) is 52.4 Å². The number of hydrazine groups is 1. The number of nitrogens with one attached hydrogen (secondary N) is 1. The molecular weight excluding hydrogens is 514 g/mol. The molecule has 3 heterocycles. The molecule has 3 aromatic carbocycles. The van der Waals surface area contributed by atoms with Crippen molar-refractivity contribution in [3.63, 3.8) is 0 Å². The Kier molecular flexibility index (Phi) is 6.31. The van der Waals surface area contributed by atoms with Gasteiger partial charge in [0.05, 0.1) is 22.6 Å². The van der Waals surface area contributed by atoms with Gasteiger partial charge in [0.2, 0.25) is 0 Å². The van der Waals surface area contributed by atoms with E-state index in [0.29, 0.717) is 71.0 Å². The summed E-state index contributed by atoms with van der Waals surface area (Å²) >= 11 is 0. The van der Waals surface area contributed by atoms with Gasteiger partial charge in [-0.2, -0.15) is 0 Å². The number of benzene rings is 3. The van der Waals surface area contributed by atoms with Crippen LogP contribution < -0.4 is 20.8 Å². The highest BCUT2D eigenvalue weighted by atomic mass is 16.5. The van der Waals surface area contributed by atoms with Crippen molar-refractivity contribution in [2.24, 2.45) is 0 Å². The molecule has 10 heteroatoms. The maximum Gasteiger partial charge on any atom is 0.346 e. The molecule has 0 fully saturated rings. The number of carbonyl (C=O) groups is 1. The maximum absolute atomic E-state index is 13.2. The number of aromatic hydroxyl groups is 2. The SMILES string of the molecule is Cc1cc(N2Nc3cc(O)ccc3-c3c2c2ccc(O)cc2oc3=O)ccc1OCCN1CCC=C(C(=O)O)C1. The molecule has 0 aliphatic carbocycles. The second-order valence-electron chi connectivity index (χ2n) is 9.87. The summed E-state index contributed by atoms with van der Waals surface area (Å²) in [6.07, 6.45) is 2.47. The van der Waals surface area contributed by atoms with Gasteiger partial charge >= 0.3 is 11.6 Å². The lowest BCUT2D eigenvalue weighted by molar-refractivity contribution is -0.133. The third-order valence-electron chi connectivity index (χ3n) is 7.18. The number of anilines is 3. The fraction of sp³-hybridized carbons (Fsp3) is 0.200. The summed E-state index contributed by atoms with van der Waals surface area (Å²) in [7, 11) is 0. The molecule has 1 aromatic heterocycles. The van der Waals surface area contributed by atoms with Crippen LogP contribution >= 0.6 is 0 Å². The number of nitrogens with zero attached hydrogens (tertiary/aromatic N) is 2. The molecule has 0 saturated carbocycles. The van der Waals surface area contributed by atoms with Gasteiger partial charge in [0.25, 0.3) is 0 Å². The summed E-state index contributed by atoms with van der Waals surface area (Å²) in [5, 5.41) is 31.8. The first-order chi connectivity index (χ1) is 19.3. The van der Waals surface area contributed by atoms with Gasteiger partial charge in [-0.3, -0.25) is 15.3 Å². The Labute approximate surface area is 228 Å². The summed E-state index contributed by atoms with van der Waals surface area (Å²) in [4.78, 5) is 26.6. The number of ether oxygens (including phenoxy) is 1. The van der Waals surface area contributed by atoms with Crippen molar-refractivity contribution in [1.29, 1.82) is 0 Å². The van der Waals surface area contributed by atoms with E-state index in [4.69, 9.17) is 9.15 Å². The number of phenolic OH excluding ortho intramolecular Hbond substituents is 2. The van der Waals surface area contributed by atoms with Crippen LogP contribution in [0, 0.1) is 6.92 Å². The van der Waals surface area contributed by atoms with Crippen LogP contribution in [-0.2, 0) is 4.79 Å². The Morgan fingerprint density at radius 2 is 1.88 bits per heavy atom. The van der Waals surface area contributed by atoms with Crippen molar-refractivity contribution in [1.82, 2.24) is 4.90 Å². The van der Waals surface area contributed by atoms with Crippen molar-refractivity contribution in [3.05, 3.63) is 82.2 Å². The minimum atomic E-state index is -0.884. The van der Waals surface area contributed by atoms with Crippen LogP contribution in [0.4, 0.5) is 17.1 Å². The maximum atomic E-state index is 13.2. The number of phenols is 2. The molecule has 0 atom stereocenters. The Hall–Kier alpha value is -4.96. The fourth-order valence-electron chi connectivity index (χ4n) is 5.23. The monoisotopic (exact) mass is 541 g/mol. The van der Waals surface area contributed by atoms with Gasteiger partial charge in [-0.25, -0.2) is 9.59 Å². The van der Waals surface area contributed by atoms with E-state index in [2.05, 4.69) is 10.3 Å². The summed E-state index contributed by atoms with van der Waals surface area (Å²) < 4.78 is 11.6. The Morgan fingerprint density at radius 1 is 1.07 bits per heavy atom. The zero-order chi connectivity index (χ0) is 28.0. The number of hydrogen-bond acceptors (Lipinski definition) is 9. The molecule has 6 rings (SSSR count). The fourth-order valence-corrected chi connectivity index (χ4v) is 5.23. The molecule has 40 heavy (non-hydrogen) atoms. The smallest absolute Gasteiger partial charge is 0.346 e. The highest BCUT2D eigenvalue weighted by Crippen LogP contribution is 2.46. The molecule has 204 valence electrons. The Bertz CT molecular complexity index is 1740. The number of carboxylic acids is 1. The van der Waals surface area contributed by atoms with Gasteiger partial charge in [-0.15, -0.1) is 0 Å². The molecule has 10 nitrogen and oxygen atoms in total. The van der Waals surface area contributed by atoms with Crippen molar-refractivity contribution in [2.45, 2.75) is 13.3 Å². The van der Waals surface area contributed by atoms with Crippen LogP contribution in [0.5, 0.6) is 17.2 Å². The predicted octanol–water partition coefficient (Wildman–Crippen LogP) is 4.75. The van der Waals surface area contributed by atoms with Gasteiger partial charge in [0, 0.05) is 48.3 Å². The highest BCUT2D eigenvalue weighted by molar-refractivity contribution is 6.06. The predicted molar refractivity (Wildman–Crippen MR) is 150 cm³/mol. The molecule has 4 aromatic rings. The van der Waals surface area contributed by atoms with E-state index in [-0.39, 0.29) is 17.1 Å². The standard InChI is InChI=1S/C30H27N3O7/c1-17-13-19(4-9-25(17)39-12-11-32-10-2-3-18(16-32)29(36)37)33-28-23-8-6-21(35)15-26(23)40-30(38)27(28)22-7-5-20(34)14-24(22)31-33/h3-9,13-15,31,34-35H,2,10-12,16H2,1H3,(H,36,37). The molecule has 0 unspecified atom stereocenters. The van der Waals surface area contributed by atoms with Crippen molar-refractivity contribution in [3.8, 4) is 28.4 Å². The van der Waals surface area contributed by atoms with E-state index < -0.39 is 11.6 Å². The van der Waals surface area contributed by atoms with Crippen LogP contribution in [0.25, 0.3) is 22.1 Å². The Balaban J connectivity index is 1.31. The molecule has 0 amide bonds. The normalized spacial score (nSPS) is 14.7. The van der Waals surface area contributed by atoms with Gasteiger partial charge in [0.1, 0.15) is 29.4 Å². The van der Waals surface area contributed by atoms with Crippen LogP contribution in [0.1, 0.15) is 12.0 Å². The summed E-state index contributed by atoms with van der Waals surface area (Å²) in [5.74, 6) is -0.171. The van der Waals surface area contributed by atoms with E-state index >= 15 is 0 Å². The lowest BCUT2D eigenvalue weighted by Crippen LogP contribution is -2.35. The van der Waals surface area contributed by atoms with E-state index in [1.807, 2.05) is 25.1 Å². The molecule has 2 aliphatic rings. The molecule has 0 bridgehead atoms.